The summed E-state index contributed by atoms with van der Waals surface area (Å²) >= 11 is 5.90. The Morgan fingerprint density at radius 3 is 2.44 bits per heavy atom. The molecule has 1 atom stereocenters. The fourth-order valence-corrected chi connectivity index (χ4v) is 3.09. The van der Waals surface area contributed by atoms with E-state index in [9.17, 15) is 4.79 Å². The Hall–Kier alpha value is -3.04. The number of fused-ring (bicyclic) bond motifs is 1. The maximum Gasteiger partial charge on any atom is 0.228 e. The predicted molar refractivity (Wildman–Crippen MR) is 107 cm³/mol. The Bertz CT molecular complexity index is 1080. The summed E-state index contributed by atoms with van der Waals surface area (Å²) in [7, 11) is 0. The maximum absolute atomic E-state index is 12.7. The first kappa shape index (κ1) is 17.4. The van der Waals surface area contributed by atoms with Crippen molar-refractivity contribution in [3.63, 3.8) is 0 Å². The lowest BCUT2D eigenvalue weighted by Gasteiger charge is -2.15. The standard InChI is InChI=1S/C23H17ClO3/c1-15(16-6-3-2-4-7-16)26-20-9-5-8-18-14-21(27-23(18)20)22(25)17-10-12-19(24)13-11-17/h2-15H,1H3. The van der Waals surface area contributed by atoms with Crippen molar-refractivity contribution in [2.75, 3.05) is 0 Å². The molecule has 0 saturated carbocycles. The minimum atomic E-state index is -0.190. The van der Waals surface area contributed by atoms with Crippen molar-refractivity contribution in [3.05, 3.63) is 101 Å². The van der Waals surface area contributed by atoms with Crippen LogP contribution >= 0.6 is 11.6 Å². The second kappa shape index (κ2) is 7.29. The summed E-state index contributed by atoms with van der Waals surface area (Å²) in [5.41, 5.74) is 2.16. The molecule has 0 amide bonds. The number of ether oxygens (including phenoxy) is 1. The van der Waals surface area contributed by atoms with Crippen LogP contribution in [0.15, 0.2) is 83.3 Å². The van der Waals surface area contributed by atoms with E-state index >= 15 is 0 Å². The van der Waals surface area contributed by atoms with E-state index in [4.69, 9.17) is 20.8 Å². The number of rotatable bonds is 5. The minimum Gasteiger partial charge on any atom is -0.482 e. The highest BCUT2D eigenvalue weighted by Crippen LogP contribution is 2.32. The number of carbonyl (C=O) groups is 1. The Morgan fingerprint density at radius 1 is 0.963 bits per heavy atom. The van der Waals surface area contributed by atoms with Crippen molar-refractivity contribution in [1.82, 2.24) is 0 Å². The highest BCUT2D eigenvalue weighted by Gasteiger charge is 2.18. The lowest BCUT2D eigenvalue weighted by Crippen LogP contribution is -2.02. The maximum atomic E-state index is 12.7. The lowest BCUT2D eigenvalue weighted by molar-refractivity contribution is 0.101. The van der Waals surface area contributed by atoms with Crippen LogP contribution < -0.4 is 4.74 Å². The van der Waals surface area contributed by atoms with Gasteiger partial charge in [0.25, 0.3) is 0 Å². The molecule has 0 bridgehead atoms. The highest BCUT2D eigenvalue weighted by molar-refractivity contribution is 6.30. The predicted octanol–water partition coefficient (Wildman–Crippen LogP) is 6.46. The van der Waals surface area contributed by atoms with Gasteiger partial charge in [0.2, 0.25) is 5.78 Å². The summed E-state index contributed by atoms with van der Waals surface area (Å²) in [6.45, 7) is 1.98. The molecule has 4 rings (SSSR count). The molecule has 0 saturated heterocycles. The first-order valence-electron chi connectivity index (χ1n) is 8.66. The summed E-state index contributed by atoms with van der Waals surface area (Å²) < 4.78 is 12.0. The van der Waals surface area contributed by atoms with Crippen LogP contribution in [0.4, 0.5) is 0 Å². The third-order valence-electron chi connectivity index (χ3n) is 4.41. The van der Waals surface area contributed by atoms with Crippen LogP contribution in [-0.2, 0) is 0 Å². The van der Waals surface area contributed by atoms with Crippen LogP contribution in [0.1, 0.15) is 34.7 Å². The summed E-state index contributed by atoms with van der Waals surface area (Å²) in [6.07, 6.45) is -0.141. The molecule has 134 valence electrons. The largest absolute Gasteiger partial charge is 0.482 e. The van der Waals surface area contributed by atoms with Crippen LogP contribution in [0.3, 0.4) is 0 Å². The van der Waals surface area contributed by atoms with Gasteiger partial charge in [-0.25, -0.2) is 0 Å². The molecule has 27 heavy (non-hydrogen) atoms. The molecule has 0 spiro atoms. The average molecular weight is 377 g/mol. The van der Waals surface area contributed by atoms with E-state index in [2.05, 4.69) is 0 Å². The van der Waals surface area contributed by atoms with Crippen molar-refractivity contribution >= 4 is 28.4 Å². The number of benzene rings is 3. The molecule has 3 nitrogen and oxygen atoms in total. The number of ketones is 1. The van der Waals surface area contributed by atoms with Gasteiger partial charge in [0.05, 0.1) is 0 Å². The SMILES string of the molecule is CC(Oc1cccc2cc(C(=O)c3ccc(Cl)cc3)oc12)c1ccccc1. The molecule has 0 aliphatic carbocycles. The first-order valence-corrected chi connectivity index (χ1v) is 9.04. The monoisotopic (exact) mass is 376 g/mol. The van der Waals surface area contributed by atoms with Gasteiger partial charge in [-0.1, -0.05) is 54.1 Å². The number of carbonyl (C=O) groups excluding carboxylic acids is 1. The first-order chi connectivity index (χ1) is 13.1. The molecule has 1 unspecified atom stereocenters. The van der Waals surface area contributed by atoms with Gasteiger partial charge in [-0.15, -0.1) is 0 Å². The Labute approximate surface area is 162 Å². The van der Waals surface area contributed by atoms with Crippen molar-refractivity contribution < 1.29 is 13.9 Å². The number of hydrogen-bond acceptors (Lipinski definition) is 3. The number of para-hydroxylation sites is 1. The smallest absolute Gasteiger partial charge is 0.228 e. The van der Waals surface area contributed by atoms with Crippen LogP contribution in [0.25, 0.3) is 11.0 Å². The van der Waals surface area contributed by atoms with E-state index in [1.165, 1.54) is 0 Å². The number of hydrogen-bond donors (Lipinski definition) is 0. The van der Waals surface area contributed by atoms with E-state index in [0.29, 0.717) is 21.9 Å². The zero-order valence-electron chi connectivity index (χ0n) is 14.7. The Kier molecular flexibility index (Phi) is 4.69. The highest BCUT2D eigenvalue weighted by atomic mass is 35.5. The summed E-state index contributed by atoms with van der Waals surface area (Å²) in [5, 5.41) is 1.41. The third-order valence-corrected chi connectivity index (χ3v) is 4.66. The van der Waals surface area contributed by atoms with Gasteiger partial charge in [0, 0.05) is 16.0 Å². The Balaban J connectivity index is 1.66. The van der Waals surface area contributed by atoms with E-state index < -0.39 is 0 Å². The quantitative estimate of drug-likeness (QED) is 0.375. The van der Waals surface area contributed by atoms with Gasteiger partial charge in [0.1, 0.15) is 6.10 Å². The topological polar surface area (TPSA) is 39.4 Å². The zero-order chi connectivity index (χ0) is 18.8. The summed E-state index contributed by atoms with van der Waals surface area (Å²) in [6, 6.07) is 24.1. The fraction of sp³-hybridized carbons (Fsp3) is 0.0870. The minimum absolute atomic E-state index is 0.141. The molecule has 0 radical (unpaired) electrons. The van der Waals surface area contributed by atoms with Crippen molar-refractivity contribution in [2.24, 2.45) is 0 Å². The molecular formula is C23H17ClO3. The van der Waals surface area contributed by atoms with Gasteiger partial charge < -0.3 is 9.15 Å². The van der Waals surface area contributed by atoms with E-state index in [-0.39, 0.29) is 17.6 Å². The molecule has 4 aromatic rings. The van der Waals surface area contributed by atoms with Crippen molar-refractivity contribution in [1.29, 1.82) is 0 Å². The molecule has 0 N–H and O–H groups in total. The van der Waals surface area contributed by atoms with Gasteiger partial charge in [0.15, 0.2) is 17.1 Å². The number of furan rings is 1. The lowest BCUT2D eigenvalue weighted by atomic mass is 10.1. The van der Waals surface area contributed by atoms with Crippen LogP contribution in [0, 0.1) is 0 Å². The fourth-order valence-electron chi connectivity index (χ4n) is 2.97. The second-order valence-corrected chi connectivity index (χ2v) is 6.73. The average Bonchev–Trinajstić information content (AvgIpc) is 3.14. The molecule has 0 fully saturated rings. The third kappa shape index (κ3) is 3.60. The van der Waals surface area contributed by atoms with Crippen molar-refractivity contribution in [3.8, 4) is 5.75 Å². The van der Waals surface area contributed by atoms with Gasteiger partial charge >= 0.3 is 0 Å². The summed E-state index contributed by atoms with van der Waals surface area (Å²) in [5.74, 6) is 0.694. The number of halogens is 1. The second-order valence-electron chi connectivity index (χ2n) is 6.29. The molecular weight excluding hydrogens is 360 g/mol. The molecule has 1 heterocycles. The molecule has 1 aromatic heterocycles. The van der Waals surface area contributed by atoms with Crippen LogP contribution in [0.5, 0.6) is 5.75 Å². The zero-order valence-corrected chi connectivity index (χ0v) is 15.4. The molecule has 0 aliphatic heterocycles. The summed E-state index contributed by atoms with van der Waals surface area (Å²) in [4.78, 5) is 12.7. The van der Waals surface area contributed by atoms with Crippen LogP contribution in [-0.4, -0.2) is 5.78 Å². The van der Waals surface area contributed by atoms with E-state index in [1.807, 2.05) is 55.5 Å². The molecule has 4 heteroatoms. The van der Waals surface area contributed by atoms with E-state index in [1.54, 1.807) is 30.3 Å². The molecule has 3 aromatic carbocycles. The van der Waals surface area contributed by atoms with Gasteiger partial charge in [-0.05, 0) is 48.9 Å². The van der Waals surface area contributed by atoms with Gasteiger partial charge in [-0.2, -0.15) is 0 Å². The Morgan fingerprint density at radius 2 is 1.70 bits per heavy atom. The van der Waals surface area contributed by atoms with Crippen molar-refractivity contribution in [2.45, 2.75) is 13.0 Å². The van der Waals surface area contributed by atoms with E-state index in [0.717, 1.165) is 10.9 Å². The normalized spacial score (nSPS) is 12.1. The van der Waals surface area contributed by atoms with Gasteiger partial charge in [-0.3, -0.25) is 4.79 Å². The molecule has 0 aliphatic rings. The van der Waals surface area contributed by atoms with Crippen LogP contribution in [0.2, 0.25) is 5.02 Å².